The van der Waals surface area contributed by atoms with E-state index >= 15 is 0 Å². The van der Waals surface area contributed by atoms with Crippen LogP contribution in [0.2, 0.25) is 6.32 Å². The molecular weight excluding hydrogens is 228 g/mol. The molecule has 1 heterocycles. The SMILES string of the molecule is [B]CCC1CN([C@H](C)c2ccccc2)C(=O)C1F. The first-order chi connectivity index (χ1) is 8.65. The van der Waals surface area contributed by atoms with Crippen LogP contribution in [-0.4, -0.2) is 31.4 Å². The van der Waals surface area contributed by atoms with Crippen LogP contribution in [0.1, 0.15) is 24.9 Å². The summed E-state index contributed by atoms with van der Waals surface area (Å²) < 4.78 is 13.8. The summed E-state index contributed by atoms with van der Waals surface area (Å²) in [6, 6.07) is 9.62. The van der Waals surface area contributed by atoms with Gasteiger partial charge in [0.25, 0.3) is 5.91 Å². The summed E-state index contributed by atoms with van der Waals surface area (Å²) >= 11 is 0. The van der Waals surface area contributed by atoms with Gasteiger partial charge in [-0.15, -0.1) is 0 Å². The maximum Gasteiger partial charge on any atom is 0.257 e. The van der Waals surface area contributed by atoms with Gasteiger partial charge in [0.1, 0.15) is 0 Å². The van der Waals surface area contributed by atoms with Gasteiger partial charge < -0.3 is 4.90 Å². The second kappa shape index (κ2) is 5.55. The van der Waals surface area contributed by atoms with E-state index < -0.39 is 12.1 Å². The Morgan fingerprint density at radius 3 is 2.72 bits per heavy atom. The van der Waals surface area contributed by atoms with Gasteiger partial charge in [0.2, 0.25) is 0 Å². The van der Waals surface area contributed by atoms with Crippen LogP contribution in [0.5, 0.6) is 0 Å². The van der Waals surface area contributed by atoms with E-state index in [1.807, 2.05) is 37.3 Å². The minimum atomic E-state index is -1.39. The highest BCUT2D eigenvalue weighted by molar-refractivity contribution is 6.08. The number of alkyl halides is 1. The third kappa shape index (κ3) is 2.42. The lowest BCUT2D eigenvalue weighted by atomic mass is 9.92. The largest absolute Gasteiger partial charge is 0.333 e. The number of carbonyl (C=O) groups excluding carboxylic acids is 1. The van der Waals surface area contributed by atoms with Gasteiger partial charge in [-0.2, -0.15) is 0 Å². The smallest absolute Gasteiger partial charge is 0.257 e. The summed E-state index contributed by atoms with van der Waals surface area (Å²) in [5, 5.41) is 0. The van der Waals surface area contributed by atoms with Crippen LogP contribution >= 0.6 is 0 Å². The Morgan fingerprint density at radius 2 is 2.11 bits per heavy atom. The number of halogens is 1. The van der Waals surface area contributed by atoms with Gasteiger partial charge in [0.05, 0.1) is 13.9 Å². The molecule has 2 rings (SSSR count). The second-order valence-corrected chi connectivity index (χ2v) is 4.82. The fourth-order valence-electron chi connectivity index (χ4n) is 2.51. The fraction of sp³-hybridized carbons (Fsp3) is 0.500. The Kier molecular flexibility index (Phi) is 4.05. The Balaban J connectivity index is 2.12. The van der Waals surface area contributed by atoms with Crippen LogP contribution < -0.4 is 0 Å². The van der Waals surface area contributed by atoms with E-state index in [1.54, 1.807) is 4.90 Å². The van der Waals surface area contributed by atoms with Gasteiger partial charge >= 0.3 is 0 Å². The van der Waals surface area contributed by atoms with Crippen LogP contribution in [0.15, 0.2) is 30.3 Å². The third-order valence-electron chi connectivity index (χ3n) is 3.65. The summed E-state index contributed by atoms with van der Waals surface area (Å²) in [4.78, 5) is 13.5. The van der Waals surface area contributed by atoms with Crippen molar-refractivity contribution in [2.45, 2.75) is 31.9 Å². The van der Waals surface area contributed by atoms with Gasteiger partial charge in [-0.1, -0.05) is 43.1 Å². The van der Waals surface area contributed by atoms with Crippen molar-refractivity contribution in [3.63, 3.8) is 0 Å². The second-order valence-electron chi connectivity index (χ2n) is 4.82. The Bertz CT molecular complexity index is 412. The van der Waals surface area contributed by atoms with E-state index in [0.717, 1.165) is 5.56 Å². The molecule has 0 spiro atoms. The van der Waals surface area contributed by atoms with Crippen molar-refractivity contribution >= 4 is 13.8 Å². The van der Waals surface area contributed by atoms with E-state index in [4.69, 9.17) is 7.85 Å². The molecule has 1 aromatic carbocycles. The summed E-state index contributed by atoms with van der Waals surface area (Å²) in [6.07, 6.45) is -0.406. The summed E-state index contributed by atoms with van der Waals surface area (Å²) in [7, 11) is 5.45. The van der Waals surface area contributed by atoms with E-state index in [9.17, 15) is 9.18 Å². The summed E-state index contributed by atoms with van der Waals surface area (Å²) in [5.41, 5.74) is 1.03. The number of nitrogens with zero attached hydrogens (tertiary/aromatic N) is 1. The van der Waals surface area contributed by atoms with Crippen LogP contribution in [0.4, 0.5) is 4.39 Å². The van der Waals surface area contributed by atoms with Crippen LogP contribution in [0, 0.1) is 5.92 Å². The molecule has 0 saturated carbocycles. The first kappa shape index (κ1) is 13.1. The quantitative estimate of drug-likeness (QED) is 0.746. The van der Waals surface area contributed by atoms with Gasteiger partial charge in [0, 0.05) is 12.5 Å². The molecule has 1 aliphatic heterocycles. The molecule has 1 aromatic rings. The number of carbonyl (C=O) groups is 1. The van der Waals surface area contributed by atoms with Crippen molar-refractivity contribution in [2.24, 2.45) is 5.92 Å². The van der Waals surface area contributed by atoms with Crippen molar-refractivity contribution < 1.29 is 9.18 Å². The van der Waals surface area contributed by atoms with Crippen molar-refractivity contribution in [3.05, 3.63) is 35.9 Å². The molecule has 2 nitrogen and oxygen atoms in total. The number of amides is 1. The van der Waals surface area contributed by atoms with Crippen molar-refractivity contribution in [1.82, 2.24) is 4.90 Å². The molecule has 4 heteroatoms. The lowest BCUT2D eigenvalue weighted by Gasteiger charge is -2.24. The zero-order chi connectivity index (χ0) is 13.1. The Morgan fingerprint density at radius 1 is 1.44 bits per heavy atom. The average molecular weight is 245 g/mol. The van der Waals surface area contributed by atoms with Gasteiger partial charge in [-0.3, -0.25) is 4.79 Å². The molecule has 2 radical (unpaired) electrons. The highest BCUT2D eigenvalue weighted by Gasteiger charge is 2.41. The van der Waals surface area contributed by atoms with Crippen molar-refractivity contribution in [2.75, 3.05) is 6.54 Å². The zero-order valence-electron chi connectivity index (χ0n) is 10.6. The van der Waals surface area contributed by atoms with Crippen molar-refractivity contribution in [3.8, 4) is 0 Å². The molecule has 1 amide bonds. The zero-order valence-corrected chi connectivity index (χ0v) is 10.6. The maximum absolute atomic E-state index is 13.8. The molecule has 0 bridgehead atoms. The normalized spacial score (nSPS) is 25.4. The van der Waals surface area contributed by atoms with Gasteiger partial charge in [0.15, 0.2) is 6.17 Å². The Hall–Kier alpha value is -1.32. The summed E-state index contributed by atoms with van der Waals surface area (Å²) in [6.45, 7) is 2.40. The highest BCUT2D eigenvalue weighted by Crippen LogP contribution is 2.32. The number of benzene rings is 1. The van der Waals surface area contributed by atoms with Crippen LogP contribution in [0.25, 0.3) is 0 Å². The fourth-order valence-corrected chi connectivity index (χ4v) is 2.51. The molecule has 2 unspecified atom stereocenters. The lowest BCUT2D eigenvalue weighted by molar-refractivity contribution is -0.133. The Labute approximate surface area is 109 Å². The standard InChI is InChI=1S/C14H17BFNO/c1-10(11-5-3-2-4-6-11)17-9-12(7-8-15)13(16)14(17)18/h2-6,10,12-13H,7-9H2,1H3/t10-,12?,13?/m1/s1. The number of hydrogen-bond donors (Lipinski definition) is 0. The van der Waals surface area contributed by atoms with Crippen LogP contribution in [0.3, 0.4) is 0 Å². The van der Waals surface area contributed by atoms with Crippen LogP contribution in [-0.2, 0) is 4.79 Å². The maximum atomic E-state index is 13.8. The van der Waals surface area contributed by atoms with Gasteiger partial charge in [-0.25, -0.2) is 4.39 Å². The van der Waals surface area contributed by atoms with E-state index in [-0.39, 0.29) is 12.0 Å². The number of hydrogen-bond acceptors (Lipinski definition) is 1. The average Bonchev–Trinajstić information content (AvgIpc) is 2.68. The molecule has 94 valence electrons. The molecule has 1 saturated heterocycles. The number of rotatable bonds is 4. The molecule has 0 N–H and O–H groups in total. The lowest BCUT2D eigenvalue weighted by Crippen LogP contribution is -2.30. The minimum absolute atomic E-state index is 0.0836. The topological polar surface area (TPSA) is 20.3 Å². The monoisotopic (exact) mass is 245 g/mol. The van der Waals surface area contributed by atoms with Crippen molar-refractivity contribution in [1.29, 1.82) is 0 Å². The van der Waals surface area contributed by atoms with Gasteiger partial charge in [-0.05, 0) is 12.5 Å². The van der Waals surface area contributed by atoms with E-state index in [0.29, 0.717) is 19.3 Å². The minimum Gasteiger partial charge on any atom is -0.333 e. The molecule has 18 heavy (non-hydrogen) atoms. The molecule has 0 aromatic heterocycles. The first-order valence-electron chi connectivity index (χ1n) is 6.34. The molecule has 3 atom stereocenters. The third-order valence-corrected chi connectivity index (χ3v) is 3.65. The molecular formula is C14H17BFNO. The van der Waals surface area contributed by atoms with E-state index in [2.05, 4.69) is 0 Å². The number of likely N-dealkylation sites (tertiary alicyclic amines) is 1. The molecule has 0 aliphatic carbocycles. The highest BCUT2D eigenvalue weighted by atomic mass is 19.1. The first-order valence-corrected chi connectivity index (χ1v) is 6.34. The predicted octanol–water partition coefficient (Wildman–Crippen LogP) is 2.52. The molecule has 1 aliphatic rings. The van der Waals surface area contributed by atoms with E-state index in [1.165, 1.54) is 0 Å². The molecule has 1 fully saturated rings. The summed E-state index contributed by atoms with van der Waals surface area (Å²) in [5.74, 6) is -0.654. The predicted molar refractivity (Wildman–Crippen MR) is 70.1 cm³/mol.